The van der Waals surface area contributed by atoms with Crippen molar-refractivity contribution in [3.8, 4) is 11.8 Å². The molecular weight excluding hydrogens is 300 g/mol. The number of ether oxygens (including phenoxy) is 1. The zero-order valence-electron chi connectivity index (χ0n) is 12.3. The molecule has 3 rings (SSSR count). The number of aromatic nitrogens is 3. The van der Waals surface area contributed by atoms with Gasteiger partial charge in [-0.25, -0.2) is 0 Å². The fourth-order valence-corrected chi connectivity index (χ4v) is 2.57. The first-order chi connectivity index (χ1) is 11.1. The van der Waals surface area contributed by atoms with Gasteiger partial charge in [0.15, 0.2) is 5.88 Å². The molecule has 1 atom stereocenters. The van der Waals surface area contributed by atoms with E-state index >= 15 is 0 Å². The van der Waals surface area contributed by atoms with Crippen LogP contribution in [0.25, 0.3) is 0 Å². The summed E-state index contributed by atoms with van der Waals surface area (Å²) in [6.45, 7) is 0.968. The molecule has 1 amide bonds. The number of hydrogen-bond acceptors (Lipinski definition) is 6. The Morgan fingerprint density at radius 2 is 2.30 bits per heavy atom. The molecule has 8 nitrogen and oxygen atoms in total. The lowest BCUT2D eigenvalue weighted by Crippen LogP contribution is -2.44. The molecule has 0 aromatic carbocycles. The third kappa shape index (κ3) is 3.65. The molecule has 1 unspecified atom stereocenters. The third-order valence-electron chi connectivity index (χ3n) is 3.58. The van der Waals surface area contributed by atoms with Crippen molar-refractivity contribution in [2.24, 2.45) is 0 Å². The Kier molecular flexibility index (Phi) is 4.22. The Balaban J connectivity index is 1.70. The van der Waals surface area contributed by atoms with Crippen LogP contribution >= 0.6 is 0 Å². The van der Waals surface area contributed by atoms with Gasteiger partial charge in [-0.15, -0.1) is 5.10 Å². The highest BCUT2D eigenvalue weighted by atomic mass is 16.5. The molecule has 0 radical (unpaired) electrons. The highest BCUT2D eigenvalue weighted by Crippen LogP contribution is 2.18. The maximum absolute atomic E-state index is 12.5. The molecule has 0 spiro atoms. The summed E-state index contributed by atoms with van der Waals surface area (Å²) in [6.07, 6.45) is 2.97. The monoisotopic (exact) mass is 316 g/mol. The average Bonchev–Trinajstić information content (AvgIpc) is 2.54. The van der Waals surface area contributed by atoms with Crippen molar-refractivity contribution in [3.05, 3.63) is 46.4 Å². The second-order valence-corrected chi connectivity index (χ2v) is 5.31. The van der Waals surface area contributed by atoms with Gasteiger partial charge in [0, 0.05) is 30.9 Å². The fourth-order valence-electron chi connectivity index (χ4n) is 2.57. The van der Waals surface area contributed by atoms with Crippen molar-refractivity contribution in [2.75, 3.05) is 13.1 Å². The van der Waals surface area contributed by atoms with Crippen molar-refractivity contribution in [1.29, 1.82) is 0 Å². The van der Waals surface area contributed by atoms with Crippen LogP contribution in [0.4, 0.5) is 0 Å². The van der Waals surface area contributed by atoms with E-state index in [1.807, 2.05) is 0 Å². The summed E-state index contributed by atoms with van der Waals surface area (Å²) in [5.74, 6) is -0.218. The summed E-state index contributed by atoms with van der Waals surface area (Å²) < 4.78 is 5.73. The van der Waals surface area contributed by atoms with Gasteiger partial charge in [-0.2, -0.15) is 5.10 Å². The van der Waals surface area contributed by atoms with Crippen LogP contribution in [-0.4, -0.2) is 50.3 Å². The Morgan fingerprint density at radius 3 is 3.04 bits per heavy atom. The molecule has 23 heavy (non-hydrogen) atoms. The number of amides is 1. The van der Waals surface area contributed by atoms with Crippen molar-refractivity contribution >= 4 is 5.91 Å². The van der Waals surface area contributed by atoms with E-state index in [1.165, 1.54) is 12.1 Å². The molecule has 1 aliphatic rings. The third-order valence-corrected chi connectivity index (χ3v) is 3.58. The zero-order chi connectivity index (χ0) is 16.2. The molecule has 3 heterocycles. The number of H-pyrrole nitrogens is 1. The van der Waals surface area contributed by atoms with Gasteiger partial charge in [-0.3, -0.25) is 14.6 Å². The Labute approximate surface area is 131 Å². The first kappa shape index (κ1) is 15.0. The van der Waals surface area contributed by atoms with Gasteiger partial charge >= 0.3 is 0 Å². The number of likely N-dealkylation sites (tertiary alicyclic amines) is 1. The summed E-state index contributed by atoms with van der Waals surface area (Å²) in [5.41, 5.74) is -0.357. The molecule has 1 saturated heterocycles. The summed E-state index contributed by atoms with van der Waals surface area (Å²) in [7, 11) is 0. The van der Waals surface area contributed by atoms with E-state index in [2.05, 4.69) is 15.2 Å². The van der Waals surface area contributed by atoms with Crippen LogP contribution in [0.15, 0.2) is 35.3 Å². The standard InChI is InChI=1S/C15H16N4O4/c20-12-7-10(8-13(21)17-12)15(22)19-6-2-3-11(9-19)23-14-4-1-5-16-18-14/h1,4-5,7-8,11H,2-3,6,9H2,(H2,17,20,21). The minimum Gasteiger partial charge on any atom is -0.494 e. The van der Waals surface area contributed by atoms with Gasteiger partial charge in [0.05, 0.1) is 12.1 Å². The van der Waals surface area contributed by atoms with Crippen molar-refractivity contribution in [1.82, 2.24) is 20.1 Å². The fraction of sp³-hybridized carbons (Fsp3) is 0.333. The largest absolute Gasteiger partial charge is 0.494 e. The van der Waals surface area contributed by atoms with Crippen molar-refractivity contribution in [3.63, 3.8) is 0 Å². The van der Waals surface area contributed by atoms with Crippen molar-refractivity contribution in [2.45, 2.75) is 18.9 Å². The number of piperidine rings is 1. The highest BCUT2D eigenvalue weighted by Gasteiger charge is 2.26. The lowest BCUT2D eigenvalue weighted by molar-refractivity contribution is 0.0525. The van der Waals surface area contributed by atoms with Crippen LogP contribution in [0.5, 0.6) is 11.8 Å². The topological polar surface area (TPSA) is 108 Å². The van der Waals surface area contributed by atoms with E-state index in [4.69, 9.17) is 4.74 Å². The molecule has 120 valence electrons. The molecule has 1 aliphatic heterocycles. The molecule has 2 N–H and O–H groups in total. The van der Waals surface area contributed by atoms with E-state index in [9.17, 15) is 14.7 Å². The van der Waals surface area contributed by atoms with Crippen LogP contribution in [0.3, 0.4) is 0 Å². The maximum Gasteiger partial charge on any atom is 0.254 e. The molecule has 2 aromatic heterocycles. The van der Waals surface area contributed by atoms with Gasteiger partial charge in [0.1, 0.15) is 6.10 Å². The van der Waals surface area contributed by atoms with Crippen LogP contribution in [0, 0.1) is 0 Å². The van der Waals surface area contributed by atoms with Gasteiger partial charge < -0.3 is 14.7 Å². The number of aromatic amines is 1. The van der Waals surface area contributed by atoms with E-state index in [0.717, 1.165) is 12.8 Å². The Bertz CT molecular complexity index is 747. The summed E-state index contributed by atoms with van der Waals surface area (Å²) in [5, 5.41) is 17.0. The van der Waals surface area contributed by atoms with Gasteiger partial charge in [0.2, 0.25) is 5.88 Å². The number of aromatic hydroxyl groups is 1. The average molecular weight is 316 g/mol. The number of pyridine rings is 1. The molecule has 2 aromatic rings. The summed E-state index contributed by atoms with van der Waals surface area (Å²) >= 11 is 0. The summed E-state index contributed by atoms with van der Waals surface area (Å²) in [6, 6.07) is 5.86. The van der Waals surface area contributed by atoms with E-state index in [-0.39, 0.29) is 23.5 Å². The first-order valence-corrected chi connectivity index (χ1v) is 7.29. The van der Waals surface area contributed by atoms with Gasteiger partial charge in [-0.05, 0) is 18.9 Å². The number of nitrogens with one attached hydrogen (secondary N) is 1. The summed E-state index contributed by atoms with van der Waals surface area (Å²) in [4.78, 5) is 27.7. The minimum absolute atomic E-state index is 0.159. The molecule has 8 heteroatoms. The van der Waals surface area contributed by atoms with Crippen LogP contribution in [0.2, 0.25) is 0 Å². The number of rotatable bonds is 3. The normalized spacial score (nSPS) is 17.7. The Morgan fingerprint density at radius 1 is 1.43 bits per heavy atom. The number of hydrogen-bond donors (Lipinski definition) is 2. The number of nitrogens with zero attached hydrogens (tertiary/aromatic N) is 3. The van der Waals surface area contributed by atoms with Gasteiger partial charge in [0.25, 0.3) is 11.5 Å². The highest BCUT2D eigenvalue weighted by molar-refractivity contribution is 5.94. The molecule has 0 aliphatic carbocycles. The van der Waals surface area contributed by atoms with Crippen molar-refractivity contribution < 1.29 is 14.6 Å². The van der Waals surface area contributed by atoms with Crippen LogP contribution in [-0.2, 0) is 0 Å². The smallest absolute Gasteiger partial charge is 0.254 e. The minimum atomic E-state index is -0.516. The molecule has 0 bridgehead atoms. The van der Waals surface area contributed by atoms with Gasteiger partial charge in [-0.1, -0.05) is 0 Å². The zero-order valence-corrected chi connectivity index (χ0v) is 12.3. The number of carbonyl (C=O) groups is 1. The van der Waals surface area contributed by atoms with Crippen LogP contribution in [0.1, 0.15) is 23.2 Å². The predicted octanol–water partition coefficient (Wildman–Crippen LogP) is 0.554. The maximum atomic E-state index is 12.5. The number of carbonyl (C=O) groups excluding carboxylic acids is 1. The second kappa shape index (κ2) is 6.47. The predicted molar refractivity (Wildman–Crippen MR) is 80.3 cm³/mol. The molecular formula is C15H16N4O4. The van der Waals surface area contributed by atoms with E-state index < -0.39 is 5.56 Å². The first-order valence-electron chi connectivity index (χ1n) is 7.29. The van der Waals surface area contributed by atoms with E-state index in [1.54, 1.807) is 23.2 Å². The second-order valence-electron chi connectivity index (χ2n) is 5.31. The Hall–Kier alpha value is -2.90. The quantitative estimate of drug-likeness (QED) is 0.856. The lowest BCUT2D eigenvalue weighted by Gasteiger charge is -2.32. The molecule has 1 fully saturated rings. The molecule has 0 saturated carbocycles. The lowest BCUT2D eigenvalue weighted by atomic mass is 10.1. The SMILES string of the molecule is O=C(c1cc(O)[nH]c(=O)c1)N1CCCC(Oc2cccnn2)C1. The van der Waals surface area contributed by atoms with E-state index in [0.29, 0.717) is 19.0 Å². The van der Waals surface area contributed by atoms with Crippen LogP contribution < -0.4 is 10.3 Å².